The van der Waals surface area contributed by atoms with E-state index in [1.54, 1.807) is 12.1 Å². The molecule has 0 aliphatic carbocycles. The number of amides is 1. The highest BCUT2D eigenvalue weighted by Crippen LogP contribution is 2.25. The number of carbonyl (C=O) groups is 1. The molecule has 0 saturated heterocycles. The molecular formula is C18H12I2N2O2. The van der Waals surface area contributed by atoms with Gasteiger partial charge in [-0.25, -0.2) is 5.43 Å². The second-order valence-corrected chi connectivity index (χ2v) is 7.46. The highest BCUT2D eigenvalue weighted by Gasteiger charge is 2.09. The lowest BCUT2D eigenvalue weighted by Gasteiger charge is -2.05. The number of aromatic hydroxyl groups is 1. The predicted octanol–water partition coefficient (Wildman–Crippen LogP) is 4.52. The van der Waals surface area contributed by atoms with E-state index < -0.39 is 0 Å². The van der Waals surface area contributed by atoms with Crippen molar-refractivity contribution in [3.05, 3.63) is 72.9 Å². The van der Waals surface area contributed by atoms with Crippen molar-refractivity contribution in [2.45, 2.75) is 0 Å². The summed E-state index contributed by atoms with van der Waals surface area (Å²) in [5, 5.41) is 15.9. The Morgan fingerprint density at radius 2 is 1.83 bits per heavy atom. The molecule has 3 rings (SSSR count). The molecule has 24 heavy (non-hydrogen) atoms. The van der Waals surface area contributed by atoms with Crippen LogP contribution in [0, 0.1) is 7.14 Å². The molecule has 0 spiro atoms. The van der Waals surface area contributed by atoms with Gasteiger partial charge in [0.1, 0.15) is 5.75 Å². The summed E-state index contributed by atoms with van der Waals surface area (Å²) in [6, 6.07) is 16.9. The lowest BCUT2D eigenvalue weighted by molar-refractivity contribution is 0.0957. The van der Waals surface area contributed by atoms with E-state index in [2.05, 4.69) is 55.7 Å². The molecule has 2 N–H and O–H groups in total. The highest BCUT2D eigenvalue weighted by molar-refractivity contribution is 14.1. The van der Waals surface area contributed by atoms with Crippen LogP contribution in [0.1, 0.15) is 15.9 Å². The number of carbonyl (C=O) groups excluding carboxylic acids is 1. The van der Waals surface area contributed by atoms with Gasteiger partial charge in [0.05, 0.1) is 9.78 Å². The first-order chi connectivity index (χ1) is 11.6. The zero-order valence-electron chi connectivity index (χ0n) is 12.3. The van der Waals surface area contributed by atoms with Gasteiger partial charge >= 0.3 is 0 Å². The third-order valence-corrected chi connectivity index (χ3v) is 4.91. The predicted molar refractivity (Wildman–Crippen MR) is 113 cm³/mol. The lowest BCUT2D eigenvalue weighted by Crippen LogP contribution is -2.17. The van der Waals surface area contributed by atoms with Gasteiger partial charge in [-0.1, -0.05) is 36.4 Å². The van der Waals surface area contributed by atoms with Crippen molar-refractivity contribution in [3.8, 4) is 5.75 Å². The second-order valence-electron chi connectivity index (χ2n) is 5.05. The summed E-state index contributed by atoms with van der Waals surface area (Å²) in [5.74, 6) is -0.137. The van der Waals surface area contributed by atoms with Crippen molar-refractivity contribution in [2.75, 3.05) is 0 Å². The maximum Gasteiger partial charge on any atom is 0.271 e. The largest absolute Gasteiger partial charge is 0.506 e. The van der Waals surface area contributed by atoms with Crippen LogP contribution in [0.5, 0.6) is 5.75 Å². The van der Waals surface area contributed by atoms with Crippen LogP contribution in [0.25, 0.3) is 10.8 Å². The SMILES string of the molecule is O=C(N/N=C\c1cc(I)cc(I)c1O)c1cccc2ccccc12. The molecule has 0 aliphatic rings. The van der Waals surface area contributed by atoms with E-state index in [0.29, 0.717) is 11.1 Å². The first kappa shape index (κ1) is 17.2. The quantitative estimate of drug-likeness (QED) is 0.291. The summed E-state index contributed by atoms with van der Waals surface area (Å²) < 4.78 is 1.72. The molecule has 4 nitrogen and oxygen atoms in total. The van der Waals surface area contributed by atoms with E-state index in [1.165, 1.54) is 6.21 Å². The number of hydrazone groups is 1. The Morgan fingerprint density at radius 3 is 2.67 bits per heavy atom. The van der Waals surface area contributed by atoms with Gasteiger partial charge in [-0.15, -0.1) is 0 Å². The van der Waals surface area contributed by atoms with E-state index in [-0.39, 0.29) is 11.7 Å². The van der Waals surface area contributed by atoms with Gasteiger partial charge in [-0.3, -0.25) is 4.79 Å². The highest BCUT2D eigenvalue weighted by atomic mass is 127. The van der Waals surface area contributed by atoms with Crippen LogP contribution in [-0.2, 0) is 0 Å². The maximum atomic E-state index is 12.4. The van der Waals surface area contributed by atoms with Gasteiger partial charge < -0.3 is 5.11 Å². The normalized spacial score (nSPS) is 11.1. The Hall–Kier alpha value is -1.68. The van der Waals surface area contributed by atoms with Crippen LogP contribution in [0.15, 0.2) is 59.7 Å². The van der Waals surface area contributed by atoms with Crippen LogP contribution in [0.2, 0.25) is 0 Å². The average Bonchev–Trinajstić information content (AvgIpc) is 2.58. The summed E-state index contributed by atoms with van der Waals surface area (Å²) in [4.78, 5) is 12.4. The minimum Gasteiger partial charge on any atom is -0.506 e. The van der Waals surface area contributed by atoms with Gasteiger partial charge in [-0.05, 0) is 74.2 Å². The number of phenolic OH excluding ortho intramolecular Hbond substituents is 1. The number of hydrogen-bond donors (Lipinski definition) is 2. The minimum atomic E-state index is -0.289. The number of nitrogens with one attached hydrogen (secondary N) is 1. The monoisotopic (exact) mass is 542 g/mol. The molecule has 3 aromatic rings. The Morgan fingerprint density at radius 1 is 1.08 bits per heavy atom. The van der Waals surface area contributed by atoms with Crippen molar-refractivity contribution in [1.82, 2.24) is 5.43 Å². The summed E-state index contributed by atoms with van der Waals surface area (Å²) in [7, 11) is 0. The third-order valence-electron chi connectivity index (χ3n) is 3.46. The Labute approximate surface area is 166 Å². The van der Waals surface area contributed by atoms with E-state index in [4.69, 9.17) is 0 Å². The number of fused-ring (bicyclic) bond motifs is 1. The van der Waals surface area contributed by atoms with Gasteiger partial charge in [-0.2, -0.15) is 5.10 Å². The molecule has 1 amide bonds. The number of rotatable bonds is 3. The van der Waals surface area contributed by atoms with E-state index in [0.717, 1.165) is 17.9 Å². The van der Waals surface area contributed by atoms with E-state index >= 15 is 0 Å². The number of nitrogens with zero attached hydrogens (tertiary/aromatic N) is 1. The van der Waals surface area contributed by atoms with Crippen LogP contribution >= 0.6 is 45.2 Å². The van der Waals surface area contributed by atoms with Crippen LogP contribution in [-0.4, -0.2) is 17.2 Å². The second kappa shape index (κ2) is 7.47. The minimum absolute atomic E-state index is 0.152. The number of hydrogen-bond acceptors (Lipinski definition) is 3. The van der Waals surface area contributed by atoms with Gasteiger partial charge in [0.25, 0.3) is 5.91 Å². The van der Waals surface area contributed by atoms with Crippen molar-refractivity contribution < 1.29 is 9.90 Å². The van der Waals surface area contributed by atoms with Crippen LogP contribution in [0.3, 0.4) is 0 Å². The van der Waals surface area contributed by atoms with Crippen LogP contribution in [0.4, 0.5) is 0 Å². The number of phenols is 1. The molecule has 0 radical (unpaired) electrons. The Bertz CT molecular complexity index is 950. The Kier molecular flexibility index (Phi) is 5.34. The molecule has 3 aromatic carbocycles. The molecule has 0 atom stereocenters. The standard InChI is InChI=1S/C18H12I2N2O2/c19-13-8-12(17(23)16(20)9-13)10-21-22-18(24)15-7-3-5-11-4-1-2-6-14(11)15/h1-10,23H,(H,22,24)/b21-10-. The molecular weight excluding hydrogens is 530 g/mol. The number of benzene rings is 3. The smallest absolute Gasteiger partial charge is 0.271 e. The van der Waals surface area contributed by atoms with Crippen molar-refractivity contribution in [2.24, 2.45) is 5.10 Å². The fourth-order valence-electron chi connectivity index (χ4n) is 2.33. The first-order valence-corrected chi connectivity index (χ1v) is 9.21. The van der Waals surface area contributed by atoms with Crippen molar-refractivity contribution in [1.29, 1.82) is 0 Å². The molecule has 0 aliphatic heterocycles. The van der Waals surface area contributed by atoms with E-state index in [9.17, 15) is 9.90 Å². The maximum absolute atomic E-state index is 12.4. The molecule has 0 fully saturated rings. The third kappa shape index (κ3) is 3.69. The molecule has 0 saturated carbocycles. The fraction of sp³-hybridized carbons (Fsp3) is 0. The lowest BCUT2D eigenvalue weighted by atomic mass is 10.0. The van der Waals surface area contributed by atoms with Crippen molar-refractivity contribution in [3.63, 3.8) is 0 Å². The summed E-state index contributed by atoms with van der Waals surface area (Å²) in [6.45, 7) is 0. The zero-order valence-corrected chi connectivity index (χ0v) is 16.6. The fourth-order valence-corrected chi connectivity index (χ4v) is 4.22. The average molecular weight is 542 g/mol. The van der Waals surface area contributed by atoms with Crippen molar-refractivity contribution >= 4 is 68.1 Å². The summed E-state index contributed by atoms with van der Waals surface area (Å²) >= 11 is 4.22. The molecule has 0 aromatic heterocycles. The van der Waals surface area contributed by atoms with Gasteiger partial charge in [0, 0.05) is 14.7 Å². The topological polar surface area (TPSA) is 61.7 Å². The first-order valence-electron chi connectivity index (χ1n) is 7.05. The Balaban J connectivity index is 1.83. The van der Waals surface area contributed by atoms with E-state index in [1.807, 2.05) is 42.5 Å². The zero-order chi connectivity index (χ0) is 17.1. The summed E-state index contributed by atoms with van der Waals surface area (Å²) in [6.07, 6.45) is 1.45. The summed E-state index contributed by atoms with van der Waals surface area (Å²) in [5.41, 5.74) is 3.64. The molecule has 120 valence electrons. The molecule has 0 unspecified atom stereocenters. The molecule has 0 heterocycles. The van der Waals surface area contributed by atoms with Gasteiger partial charge in [0.15, 0.2) is 0 Å². The van der Waals surface area contributed by atoms with Crippen LogP contribution < -0.4 is 5.43 Å². The molecule has 6 heteroatoms. The van der Waals surface area contributed by atoms with Gasteiger partial charge in [0.2, 0.25) is 0 Å². The molecule has 0 bridgehead atoms. The number of halogens is 2.